The summed E-state index contributed by atoms with van der Waals surface area (Å²) in [7, 11) is 4.74. The summed E-state index contributed by atoms with van der Waals surface area (Å²) in [5.41, 5.74) is 6.33. The molecule has 0 fully saturated rings. The summed E-state index contributed by atoms with van der Waals surface area (Å²) >= 11 is 1.16. The molecule has 2 aromatic rings. The lowest BCUT2D eigenvalue weighted by molar-refractivity contribution is 0.0233. The molecule has 0 aliphatic heterocycles. The minimum Gasteiger partial charge on any atom is -0.497 e. The SMILES string of the molecule is COc1ccc(CNC(=O)c2nc([C@@H](C)N(C)C(=O)OC(C)(C)C)sc2N)c(OC)c1. The Balaban J connectivity index is 2.10. The number of nitrogen functional groups attached to an aromatic ring is 1. The Hall–Kier alpha value is -3.01. The van der Waals surface area contributed by atoms with Crippen molar-refractivity contribution in [1.82, 2.24) is 15.2 Å². The number of hydrogen-bond acceptors (Lipinski definition) is 8. The minimum absolute atomic E-state index is 0.122. The molecule has 1 aromatic carbocycles. The fraction of sp³-hybridized carbons (Fsp3) is 0.476. The van der Waals surface area contributed by atoms with Crippen LogP contribution in [0.4, 0.5) is 9.80 Å². The maximum Gasteiger partial charge on any atom is 0.410 e. The van der Waals surface area contributed by atoms with Gasteiger partial charge in [-0.15, -0.1) is 0 Å². The minimum atomic E-state index is -0.611. The van der Waals surface area contributed by atoms with Crippen LogP contribution in [-0.2, 0) is 11.3 Å². The van der Waals surface area contributed by atoms with Crippen LogP contribution in [-0.4, -0.2) is 48.8 Å². The first-order valence-electron chi connectivity index (χ1n) is 9.68. The first-order valence-corrected chi connectivity index (χ1v) is 10.5. The van der Waals surface area contributed by atoms with Crippen molar-refractivity contribution in [3.63, 3.8) is 0 Å². The highest BCUT2D eigenvalue weighted by atomic mass is 32.1. The molecule has 0 radical (unpaired) electrons. The molecule has 0 aliphatic rings. The van der Waals surface area contributed by atoms with Crippen molar-refractivity contribution in [1.29, 1.82) is 0 Å². The van der Waals surface area contributed by atoms with Crippen molar-refractivity contribution in [3.05, 3.63) is 34.5 Å². The molecule has 0 saturated heterocycles. The molecule has 0 bridgehead atoms. The van der Waals surface area contributed by atoms with Crippen molar-refractivity contribution >= 4 is 28.3 Å². The maximum absolute atomic E-state index is 12.7. The van der Waals surface area contributed by atoms with Gasteiger partial charge < -0.3 is 30.2 Å². The lowest BCUT2D eigenvalue weighted by Gasteiger charge is -2.27. The number of methoxy groups -OCH3 is 2. The molecule has 3 N–H and O–H groups in total. The molecular formula is C21H30N4O5S. The normalized spacial score (nSPS) is 12.1. The lowest BCUT2D eigenvalue weighted by atomic mass is 10.2. The van der Waals surface area contributed by atoms with E-state index in [-0.39, 0.29) is 17.2 Å². The average molecular weight is 451 g/mol. The van der Waals surface area contributed by atoms with Gasteiger partial charge in [-0.3, -0.25) is 4.79 Å². The number of nitrogens with two attached hydrogens (primary N) is 1. The second-order valence-electron chi connectivity index (χ2n) is 7.89. The molecule has 31 heavy (non-hydrogen) atoms. The topological polar surface area (TPSA) is 116 Å². The van der Waals surface area contributed by atoms with Gasteiger partial charge in [0.2, 0.25) is 0 Å². The van der Waals surface area contributed by atoms with Crippen LogP contribution >= 0.6 is 11.3 Å². The molecule has 2 rings (SSSR count). The molecule has 0 spiro atoms. The number of amides is 2. The van der Waals surface area contributed by atoms with E-state index in [0.29, 0.717) is 16.5 Å². The molecule has 2 amide bonds. The Morgan fingerprint density at radius 2 is 1.94 bits per heavy atom. The van der Waals surface area contributed by atoms with Gasteiger partial charge in [-0.2, -0.15) is 0 Å². The van der Waals surface area contributed by atoms with Crippen molar-refractivity contribution in [2.45, 2.75) is 45.9 Å². The molecule has 9 nitrogen and oxygen atoms in total. The summed E-state index contributed by atoms with van der Waals surface area (Å²) in [6.07, 6.45) is -0.480. The Labute approximate surface area is 186 Å². The predicted octanol–water partition coefficient (Wildman–Crippen LogP) is 3.60. The van der Waals surface area contributed by atoms with Crippen LogP contribution in [0.5, 0.6) is 11.5 Å². The van der Waals surface area contributed by atoms with E-state index >= 15 is 0 Å². The molecule has 1 aromatic heterocycles. The molecule has 10 heteroatoms. The van der Waals surface area contributed by atoms with Crippen molar-refractivity contribution in [2.75, 3.05) is 27.0 Å². The third kappa shape index (κ3) is 6.24. The van der Waals surface area contributed by atoms with Crippen molar-refractivity contribution in [3.8, 4) is 11.5 Å². The number of aromatic nitrogens is 1. The van der Waals surface area contributed by atoms with E-state index in [2.05, 4.69) is 10.3 Å². The van der Waals surface area contributed by atoms with Gasteiger partial charge in [0, 0.05) is 25.2 Å². The van der Waals surface area contributed by atoms with E-state index in [1.165, 1.54) is 4.90 Å². The highest BCUT2D eigenvalue weighted by molar-refractivity contribution is 7.16. The molecule has 0 saturated carbocycles. The Kier molecular flexibility index (Phi) is 7.72. The third-order valence-corrected chi connectivity index (χ3v) is 5.49. The van der Waals surface area contributed by atoms with Crippen LogP contribution in [0.25, 0.3) is 0 Å². The largest absolute Gasteiger partial charge is 0.497 e. The van der Waals surface area contributed by atoms with E-state index < -0.39 is 23.6 Å². The molecule has 1 atom stereocenters. The van der Waals surface area contributed by atoms with E-state index in [1.807, 2.05) is 6.07 Å². The molecule has 0 aliphatic carbocycles. The summed E-state index contributed by atoms with van der Waals surface area (Å²) in [4.78, 5) is 30.8. The summed E-state index contributed by atoms with van der Waals surface area (Å²) in [6, 6.07) is 4.93. The molecular weight excluding hydrogens is 420 g/mol. The van der Waals surface area contributed by atoms with Gasteiger partial charge in [0.1, 0.15) is 27.1 Å². The first-order chi connectivity index (χ1) is 14.5. The fourth-order valence-electron chi connectivity index (χ4n) is 2.61. The van der Waals surface area contributed by atoms with Crippen LogP contribution in [0, 0.1) is 0 Å². The standard InChI is InChI=1S/C21H30N4O5S/c1-12(25(5)20(27)30-21(2,3)4)19-24-16(17(22)31-19)18(26)23-11-13-8-9-14(28-6)10-15(13)29-7/h8-10,12H,11,22H2,1-7H3,(H,23,26)/t12-/m1/s1. The highest BCUT2D eigenvalue weighted by Gasteiger charge is 2.27. The number of nitrogens with zero attached hydrogens (tertiary/aromatic N) is 2. The number of rotatable bonds is 7. The molecule has 170 valence electrons. The van der Waals surface area contributed by atoms with Crippen LogP contribution < -0.4 is 20.5 Å². The first kappa shape index (κ1) is 24.3. The number of ether oxygens (including phenoxy) is 3. The fourth-order valence-corrected chi connectivity index (χ4v) is 3.53. The maximum atomic E-state index is 12.7. The number of benzene rings is 1. The van der Waals surface area contributed by atoms with E-state index in [0.717, 1.165) is 16.9 Å². The third-order valence-electron chi connectivity index (χ3n) is 4.44. The quantitative estimate of drug-likeness (QED) is 0.662. The van der Waals surface area contributed by atoms with Gasteiger partial charge in [0.15, 0.2) is 5.69 Å². The van der Waals surface area contributed by atoms with Crippen LogP contribution in [0.3, 0.4) is 0 Å². The van der Waals surface area contributed by atoms with Crippen molar-refractivity contribution in [2.24, 2.45) is 0 Å². The van der Waals surface area contributed by atoms with Gasteiger partial charge in [-0.1, -0.05) is 11.3 Å². The predicted molar refractivity (Wildman–Crippen MR) is 120 cm³/mol. The van der Waals surface area contributed by atoms with Gasteiger partial charge >= 0.3 is 6.09 Å². The molecule has 1 heterocycles. The van der Waals surface area contributed by atoms with Crippen molar-refractivity contribution < 1.29 is 23.8 Å². The van der Waals surface area contributed by atoms with E-state index in [4.69, 9.17) is 19.9 Å². The summed E-state index contributed by atoms with van der Waals surface area (Å²) in [5.74, 6) is 0.840. The zero-order valence-electron chi connectivity index (χ0n) is 18.9. The summed E-state index contributed by atoms with van der Waals surface area (Å²) in [5, 5.41) is 3.62. The smallest absolute Gasteiger partial charge is 0.410 e. The second kappa shape index (κ2) is 9.86. The number of anilines is 1. The number of nitrogens with one attached hydrogen (secondary N) is 1. The van der Waals surface area contributed by atoms with Crippen LogP contribution in [0.2, 0.25) is 0 Å². The Bertz CT molecular complexity index is 938. The number of thiazole rings is 1. The van der Waals surface area contributed by atoms with Crippen LogP contribution in [0.1, 0.15) is 54.8 Å². The number of hydrogen-bond donors (Lipinski definition) is 2. The summed E-state index contributed by atoms with van der Waals surface area (Å²) in [6.45, 7) is 7.42. The summed E-state index contributed by atoms with van der Waals surface area (Å²) < 4.78 is 15.9. The Morgan fingerprint density at radius 3 is 2.52 bits per heavy atom. The van der Waals surface area contributed by atoms with Gasteiger partial charge in [0.05, 0.1) is 20.3 Å². The van der Waals surface area contributed by atoms with Gasteiger partial charge in [-0.25, -0.2) is 9.78 Å². The lowest BCUT2D eigenvalue weighted by Crippen LogP contribution is -2.35. The monoisotopic (exact) mass is 450 g/mol. The van der Waals surface area contributed by atoms with E-state index in [1.54, 1.807) is 61.1 Å². The zero-order chi connectivity index (χ0) is 23.3. The number of carbonyl (C=O) groups is 2. The van der Waals surface area contributed by atoms with Gasteiger partial charge in [0.25, 0.3) is 5.91 Å². The number of carbonyl (C=O) groups excluding carboxylic acids is 2. The average Bonchev–Trinajstić information content (AvgIpc) is 3.11. The van der Waals surface area contributed by atoms with E-state index in [9.17, 15) is 9.59 Å². The zero-order valence-corrected chi connectivity index (χ0v) is 19.8. The molecule has 0 unspecified atom stereocenters. The van der Waals surface area contributed by atoms with Crippen LogP contribution in [0.15, 0.2) is 18.2 Å². The van der Waals surface area contributed by atoms with Gasteiger partial charge in [-0.05, 0) is 39.8 Å². The highest BCUT2D eigenvalue weighted by Crippen LogP contribution is 2.30. The Morgan fingerprint density at radius 1 is 1.26 bits per heavy atom. The second-order valence-corrected chi connectivity index (χ2v) is 8.95.